The molecule has 5 rings (SSSR count). The molecule has 4 aromatic rings. The van der Waals surface area contributed by atoms with Crippen molar-refractivity contribution in [2.24, 2.45) is 0 Å². The number of likely N-dealkylation sites (tertiary alicyclic amines) is 1. The summed E-state index contributed by atoms with van der Waals surface area (Å²) in [5, 5.41) is 14.6. The number of hydrogen-bond donors (Lipinski definition) is 2. The maximum atomic E-state index is 14.8. The summed E-state index contributed by atoms with van der Waals surface area (Å²) in [6.45, 7) is 2.60. The van der Waals surface area contributed by atoms with Crippen LogP contribution in [-0.2, 0) is 22.7 Å². The molecule has 1 unspecified atom stereocenters. The van der Waals surface area contributed by atoms with E-state index in [2.05, 4.69) is 20.9 Å². The van der Waals surface area contributed by atoms with Crippen LogP contribution in [0.15, 0.2) is 66.9 Å². The van der Waals surface area contributed by atoms with E-state index in [0.717, 1.165) is 11.1 Å². The van der Waals surface area contributed by atoms with Gasteiger partial charge in [-0.3, -0.25) is 14.4 Å². The van der Waals surface area contributed by atoms with Crippen molar-refractivity contribution >= 4 is 46.6 Å². The molecule has 1 aromatic heterocycles. The maximum absolute atomic E-state index is 14.8. The Morgan fingerprint density at radius 3 is 2.50 bits per heavy atom. The Morgan fingerprint density at radius 2 is 1.76 bits per heavy atom. The van der Waals surface area contributed by atoms with Gasteiger partial charge in [-0.05, 0) is 66.4 Å². The summed E-state index contributed by atoms with van der Waals surface area (Å²) < 4.78 is 16.4. The van der Waals surface area contributed by atoms with Gasteiger partial charge in [-0.15, -0.1) is 5.10 Å². The van der Waals surface area contributed by atoms with Crippen LogP contribution in [0.1, 0.15) is 41.3 Å². The number of benzene rings is 3. The third-order valence-corrected chi connectivity index (χ3v) is 7.67. The Balaban J connectivity index is 1.26. The van der Waals surface area contributed by atoms with Gasteiger partial charge in [0.05, 0.1) is 22.8 Å². The molecular weight excluding hydrogens is 582 g/mol. The normalized spacial score (nSPS) is 14.6. The van der Waals surface area contributed by atoms with Crippen LogP contribution in [0.25, 0.3) is 11.3 Å². The lowest BCUT2D eigenvalue weighted by atomic mass is 10.1. The van der Waals surface area contributed by atoms with Gasteiger partial charge < -0.3 is 15.5 Å². The molecular formula is C30H27Cl2FN6O3. The van der Waals surface area contributed by atoms with E-state index in [9.17, 15) is 18.8 Å². The van der Waals surface area contributed by atoms with Crippen molar-refractivity contribution in [3.8, 4) is 11.3 Å². The van der Waals surface area contributed by atoms with Crippen LogP contribution in [0.2, 0.25) is 10.0 Å². The van der Waals surface area contributed by atoms with Crippen LogP contribution >= 0.6 is 23.2 Å². The zero-order valence-electron chi connectivity index (χ0n) is 22.6. The monoisotopic (exact) mass is 608 g/mol. The molecule has 0 aliphatic carbocycles. The highest BCUT2D eigenvalue weighted by molar-refractivity contribution is 6.42. The van der Waals surface area contributed by atoms with Crippen LogP contribution in [0.4, 0.5) is 10.1 Å². The molecule has 3 aromatic carbocycles. The molecule has 0 radical (unpaired) electrons. The number of halogens is 3. The van der Waals surface area contributed by atoms with Crippen molar-refractivity contribution in [1.82, 2.24) is 25.2 Å². The fourth-order valence-corrected chi connectivity index (χ4v) is 5.11. The third-order valence-electron chi connectivity index (χ3n) is 6.94. The first-order valence-corrected chi connectivity index (χ1v) is 14.0. The number of amides is 3. The van der Waals surface area contributed by atoms with E-state index in [1.165, 1.54) is 25.1 Å². The molecule has 2 N–H and O–H groups in total. The highest BCUT2D eigenvalue weighted by Gasteiger charge is 2.34. The summed E-state index contributed by atoms with van der Waals surface area (Å²) in [7, 11) is 0. The van der Waals surface area contributed by atoms with Gasteiger partial charge in [0.1, 0.15) is 17.6 Å². The van der Waals surface area contributed by atoms with Gasteiger partial charge in [-0.1, -0.05) is 46.6 Å². The van der Waals surface area contributed by atoms with Crippen molar-refractivity contribution in [3.05, 3.63) is 99.4 Å². The first kappa shape index (κ1) is 29.2. The molecule has 0 saturated carbocycles. The van der Waals surface area contributed by atoms with Crippen LogP contribution in [0, 0.1) is 5.82 Å². The Morgan fingerprint density at radius 1 is 1.00 bits per heavy atom. The molecule has 1 aliphatic rings. The minimum atomic E-state index is -0.669. The number of rotatable bonds is 8. The largest absolute Gasteiger partial charge is 0.352 e. The average Bonchev–Trinajstić information content (AvgIpc) is 3.65. The second-order valence-corrected chi connectivity index (χ2v) is 10.8. The summed E-state index contributed by atoms with van der Waals surface area (Å²) in [5.74, 6) is -1.27. The highest BCUT2D eigenvalue weighted by atomic mass is 35.5. The molecule has 1 atom stereocenters. The molecule has 3 amide bonds. The standard InChI is InChI=1S/C30H27Cl2FN6O3/c1-18(40)34-15-19-4-7-21(8-5-19)30(42)39-12-2-3-28(39)29(41)35-22-9-11-26(33)23(14-22)27-17-38(37-36-27)16-20-6-10-24(31)25(32)13-20/h4-11,13-14,17,28H,2-3,12,15-16H2,1H3,(H,34,40)(H,35,41). The molecule has 216 valence electrons. The van der Waals surface area contributed by atoms with E-state index in [0.29, 0.717) is 59.5 Å². The molecule has 9 nitrogen and oxygen atoms in total. The van der Waals surface area contributed by atoms with Crippen LogP contribution in [-0.4, -0.2) is 50.2 Å². The number of anilines is 1. The summed E-state index contributed by atoms with van der Waals surface area (Å²) in [6.07, 6.45) is 2.79. The van der Waals surface area contributed by atoms with E-state index < -0.39 is 11.9 Å². The van der Waals surface area contributed by atoms with Crippen molar-refractivity contribution in [3.63, 3.8) is 0 Å². The second kappa shape index (κ2) is 12.7. The van der Waals surface area contributed by atoms with Gasteiger partial charge in [0.2, 0.25) is 11.8 Å². The fraction of sp³-hybridized carbons (Fsp3) is 0.233. The Kier molecular flexibility index (Phi) is 8.84. The number of nitrogens with zero attached hydrogens (tertiary/aromatic N) is 4. The van der Waals surface area contributed by atoms with E-state index in [1.54, 1.807) is 52.2 Å². The SMILES string of the molecule is CC(=O)NCc1ccc(C(=O)N2CCCC2C(=O)Nc2ccc(F)c(-c3cn(Cc4ccc(Cl)c(Cl)c4)nn3)c2)cc1. The summed E-state index contributed by atoms with van der Waals surface area (Å²) in [5.41, 5.74) is 3.00. The number of nitrogens with one attached hydrogen (secondary N) is 2. The third kappa shape index (κ3) is 6.78. The van der Waals surface area contributed by atoms with Crippen LogP contribution < -0.4 is 10.6 Å². The molecule has 2 heterocycles. The minimum Gasteiger partial charge on any atom is -0.352 e. The van der Waals surface area contributed by atoms with Gasteiger partial charge in [0, 0.05) is 36.8 Å². The van der Waals surface area contributed by atoms with Gasteiger partial charge in [0.25, 0.3) is 5.91 Å². The predicted octanol–water partition coefficient (Wildman–Crippen LogP) is 5.32. The first-order chi connectivity index (χ1) is 20.2. The fourth-order valence-electron chi connectivity index (χ4n) is 4.79. The molecule has 12 heteroatoms. The molecule has 0 bridgehead atoms. The highest BCUT2D eigenvalue weighted by Crippen LogP contribution is 2.27. The molecule has 1 fully saturated rings. The van der Waals surface area contributed by atoms with E-state index in [1.807, 2.05) is 6.07 Å². The molecule has 1 aliphatic heterocycles. The minimum absolute atomic E-state index is 0.138. The van der Waals surface area contributed by atoms with E-state index in [-0.39, 0.29) is 23.3 Å². The Hall–Kier alpha value is -4.28. The second-order valence-electron chi connectivity index (χ2n) is 10.00. The number of carbonyl (C=O) groups excluding carboxylic acids is 3. The van der Waals surface area contributed by atoms with Gasteiger partial charge in [0.15, 0.2) is 0 Å². The molecule has 42 heavy (non-hydrogen) atoms. The lowest BCUT2D eigenvalue weighted by molar-refractivity contribution is -0.120. The smallest absolute Gasteiger partial charge is 0.254 e. The van der Waals surface area contributed by atoms with Gasteiger partial charge >= 0.3 is 0 Å². The first-order valence-electron chi connectivity index (χ1n) is 13.3. The van der Waals surface area contributed by atoms with E-state index in [4.69, 9.17) is 23.2 Å². The lowest BCUT2D eigenvalue weighted by Gasteiger charge is -2.24. The Bertz CT molecular complexity index is 1640. The van der Waals surface area contributed by atoms with E-state index >= 15 is 0 Å². The average molecular weight is 609 g/mol. The molecule has 1 saturated heterocycles. The van der Waals surface area contributed by atoms with Crippen molar-refractivity contribution < 1.29 is 18.8 Å². The van der Waals surface area contributed by atoms with Crippen LogP contribution in [0.5, 0.6) is 0 Å². The number of hydrogen-bond acceptors (Lipinski definition) is 5. The summed E-state index contributed by atoms with van der Waals surface area (Å²) >= 11 is 12.1. The zero-order valence-corrected chi connectivity index (χ0v) is 24.1. The Labute approximate surface area is 251 Å². The van der Waals surface area contributed by atoms with Crippen LogP contribution in [0.3, 0.4) is 0 Å². The number of aromatic nitrogens is 3. The lowest BCUT2D eigenvalue weighted by Crippen LogP contribution is -2.43. The van der Waals surface area contributed by atoms with Crippen molar-refractivity contribution in [2.45, 2.75) is 38.9 Å². The zero-order chi connectivity index (χ0) is 29.8. The summed E-state index contributed by atoms with van der Waals surface area (Å²) in [4.78, 5) is 39.2. The summed E-state index contributed by atoms with van der Waals surface area (Å²) in [6, 6.07) is 15.7. The predicted molar refractivity (Wildman–Crippen MR) is 158 cm³/mol. The number of carbonyl (C=O) groups is 3. The van der Waals surface area contributed by atoms with Gasteiger partial charge in [-0.25, -0.2) is 9.07 Å². The van der Waals surface area contributed by atoms with Crippen molar-refractivity contribution in [2.75, 3.05) is 11.9 Å². The molecule has 0 spiro atoms. The maximum Gasteiger partial charge on any atom is 0.254 e. The quantitative estimate of drug-likeness (QED) is 0.281. The van der Waals surface area contributed by atoms with Crippen molar-refractivity contribution in [1.29, 1.82) is 0 Å². The topological polar surface area (TPSA) is 109 Å². The van der Waals surface area contributed by atoms with Gasteiger partial charge in [-0.2, -0.15) is 0 Å².